The lowest BCUT2D eigenvalue weighted by atomic mass is 9.83. The number of hydrogen-bond donors (Lipinski definition) is 0. The van der Waals surface area contributed by atoms with Crippen molar-refractivity contribution in [3.8, 4) is 0 Å². The molecular weight excluding hydrogens is 356 g/mol. The fourth-order valence-corrected chi connectivity index (χ4v) is 4.83. The monoisotopic (exact) mass is 376 g/mol. The molecule has 3 aliphatic rings. The molecule has 0 N–H and O–H groups in total. The Hall–Kier alpha value is -1.43. The van der Waals surface area contributed by atoms with Crippen LogP contribution in [0.4, 0.5) is 0 Å². The largest absolute Gasteiger partial charge is 0.421 e. The van der Waals surface area contributed by atoms with Crippen molar-refractivity contribution in [3.05, 3.63) is 51.7 Å². The van der Waals surface area contributed by atoms with Gasteiger partial charge in [0.25, 0.3) is 0 Å². The molecular formula is C19H21ClN2O2S. The predicted molar refractivity (Wildman–Crippen MR) is 99.6 cm³/mol. The average Bonchev–Trinajstić information content (AvgIpc) is 3.13. The second kappa shape index (κ2) is 7.44. The number of aromatic nitrogens is 1. The molecule has 0 bridgehead atoms. The van der Waals surface area contributed by atoms with E-state index in [0.29, 0.717) is 23.3 Å². The maximum absolute atomic E-state index is 12.5. The number of hydrogen-bond acceptors (Lipinski definition) is 5. The molecule has 0 aromatic carbocycles. The van der Waals surface area contributed by atoms with Crippen LogP contribution in [0.2, 0.25) is 0 Å². The third-order valence-corrected chi connectivity index (χ3v) is 6.46. The molecule has 4 rings (SSSR count). The fraction of sp³-hybridized carbons (Fsp3) is 0.474. The molecule has 0 spiro atoms. The lowest BCUT2D eigenvalue weighted by Crippen LogP contribution is -2.25. The van der Waals surface area contributed by atoms with Gasteiger partial charge in [-0.05, 0) is 61.4 Å². The van der Waals surface area contributed by atoms with Crippen molar-refractivity contribution in [3.63, 3.8) is 0 Å². The predicted octanol–water partition coefficient (Wildman–Crippen LogP) is 4.81. The lowest BCUT2D eigenvalue weighted by Gasteiger charge is -2.25. The van der Waals surface area contributed by atoms with E-state index < -0.39 is 0 Å². The van der Waals surface area contributed by atoms with Gasteiger partial charge in [-0.15, -0.1) is 11.3 Å². The van der Waals surface area contributed by atoms with Crippen molar-refractivity contribution in [1.29, 1.82) is 0 Å². The van der Waals surface area contributed by atoms with E-state index in [4.69, 9.17) is 16.5 Å². The van der Waals surface area contributed by atoms with Gasteiger partial charge in [0.05, 0.1) is 5.01 Å². The minimum absolute atomic E-state index is 0.357. The summed E-state index contributed by atoms with van der Waals surface area (Å²) in [6.45, 7) is 1.72. The van der Waals surface area contributed by atoms with E-state index in [9.17, 15) is 4.79 Å². The Morgan fingerprint density at radius 2 is 2.04 bits per heavy atom. The van der Waals surface area contributed by atoms with Crippen LogP contribution in [-0.4, -0.2) is 28.5 Å². The highest BCUT2D eigenvalue weighted by Crippen LogP contribution is 2.35. The lowest BCUT2D eigenvalue weighted by molar-refractivity contribution is 0.0624. The minimum atomic E-state index is -0.357. The van der Waals surface area contributed by atoms with Crippen LogP contribution >= 0.6 is 23.1 Å². The zero-order valence-corrected chi connectivity index (χ0v) is 15.6. The smallest absolute Gasteiger partial charge is 0.363 e. The Balaban J connectivity index is 1.47. The Labute approximate surface area is 156 Å². The Kier molecular flexibility index (Phi) is 5.06. The fourth-order valence-electron chi connectivity index (χ4n) is 3.67. The topological polar surface area (TPSA) is 42.4 Å². The number of halogens is 1. The highest BCUT2D eigenvalue weighted by atomic mass is 35.5. The van der Waals surface area contributed by atoms with Gasteiger partial charge in [-0.25, -0.2) is 14.2 Å². The maximum atomic E-state index is 12.5. The summed E-state index contributed by atoms with van der Waals surface area (Å²) in [4.78, 5) is 17.1. The van der Waals surface area contributed by atoms with Crippen LogP contribution in [0.1, 0.15) is 53.5 Å². The number of carbonyl (C=O) groups excluding carboxylic acids is 1. The van der Waals surface area contributed by atoms with E-state index in [2.05, 4.69) is 23.2 Å². The Morgan fingerprint density at radius 3 is 2.88 bits per heavy atom. The SMILES string of the molecule is O=C(OC1=C2C=CCCC2CC=C1)c1csc(C2CCN(Cl)CC2)n1. The summed E-state index contributed by atoms with van der Waals surface area (Å²) in [6.07, 6.45) is 13.5. The molecule has 4 nitrogen and oxygen atoms in total. The average molecular weight is 377 g/mol. The third-order valence-electron chi connectivity index (χ3n) is 5.12. The number of carbonyl (C=O) groups is 1. The minimum Gasteiger partial charge on any atom is -0.421 e. The van der Waals surface area contributed by atoms with Gasteiger partial charge in [-0.3, -0.25) is 0 Å². The van der Waals surface area contributed by atoms with E-state index in [-0.39, 0.29) is 5.97 Å². The van der Waals surface area contributed by atoms with Gasteiger partial charge in [0.1, 0.15) is 5.76 Å². The van der Waals surface area contributed by atoms with E-state index in [1.54, 1.807) is 11.3 Å². The summed E-state index contributed by atoms with van der Waals surface area (Å²) >= 11 is 7.56. The first-order valence-electron chi connectivity index (χ1n) is 8.86. The van der Waals surface area contributed by atoms with Gasteiger partial charge in [0.15, 0.2) is 5.69 Å². The normalized spacial score (nSPS) is 24.4. The van der Waals surface area contributed by atoms with Gasteiger partial charge in [-0.1, -0.05) is 18.2 Å². The zero-order valence-electron chi connectivity index (χ0n) is 14.0. The number of fused-ring (bicyclic) bond motifs is 1. The molecule has 1 fully saturated rings. The van der Waals surface area contributed by atoms with Crippen molar-refractivity contribution < 1.29 is 9.53 Å². The van der Waals surface area contributed by atoms with Crippen LogP contribution in [0.3, 0.4) is 0 Å². The number of rotatable bonds is 3. The van der Waals surface area contributed by atoms with Crippen LogP contribution in [-0.2, 0) is 4.74 Å². The molecule has 132 valence electrons. The molecule has 1 saturated heterocycles. The summed E-state index contributed by atoms with van der Waals surface area (Å²) < 4.78 is 7.50. The van der Waals surface area contributed by atoms with E-state index in [1.165, 1.54) is 0 Å². The standard InChI is InChI=1S/C19H21ClN2O2S/c20-22-10-8-14(9-11-22)18-21-16(12-25-18)19(23)24-17-7-3-5-13-4-1-2-6-15(13)17/h2-3,6-7,12-14H,1,4-5,8-11H2. The molecule has 6 heteroatoms. The van der Waals surface area contributed by atoms with Gasteiger partial charge in [0.2, 0.25) is 0 Å². The molecule has 0 radical (unpaired) electrons. The first-order valence-corrected chi connectivity index (χ1v) is 10.1. The van der Waals surface area contributed by atoms with Gasteiger partial charge in [0, 0.05) is 24.4 Å². The highest BCUT2D eigenvalue weighted by molar-refractivity contribution is 7.09. The molecule has 1 unspecified atom stereocenters. The summed E-state index contributed by atoms with van der Waals surface area (Å²) in [5.74, 6) is 1.19. The van der Waals surface area contributed by atoms with Crippen molar-refractivity contribution >= 4 is 29.1 Å². The quantitative estimate of drug-likeness (QED) is 0.560. The molecule has 1 aliphatic heterocycles. The second-order valence-electron chi connectivity index (χ2n) is 6.78. The molecule has 2 heterocycles. The van der Waals surface area contributed by atoms with Crippen LogP contribution < -0.4 is 0 Å². The van der Waals surface area contributed by atoms with E-state index in [1.807, 2.05) is 15.9 Å². The van der Waals surface area contributed by atoms with Gasteiger partial charge in [-0.2, -0.15) is 0 Å². The van der Waals surface area contributed by atoms with Gasteiger partial charge >= 0.3 is 5.97 Å². The molecule has 1 aromatic rings. The second-order valence-corrected chi connectivity index (χ2v) is 8.15. The van der Waals surface area contributed by atoms with Crippen molar-refractivity contribution in [2.45, 2.75) is 38.0 Å². The molecule has 1 aromatic heterocycles. The first kappa shape index (κ1) is 17.0. The highest BCUT2D eigenvalue weighted by Gasteiger charge is 2.26. The van der Waals surface area contributed by atoms with Crippen molar-refractivity contribution in [2.75, 3.05) is 13.1 Å². The Bertz CT molecular complexity index is 744. The summed E-state index contributed by atoms with van der Waals surface area (Å²) in [5, 5.41) is 2.83. The zero-order chi connectivity index (χ0) is 17.2. The summed E-state index contributed by atoms with van der Waals surface area (Å²) in [6, 6.07) is 0. The van der Waals surface area contributed by atoms with E-state index >= 15 is 0 Å². The first-order chi connectivity index (χ1) is 12.2. The number of thiazole rings is 1. The van der Waals surface area contributed by atoms with Crippen molar-refractivity contribution in [1.82, 2.24) is 9.40 Å². The van der Waals surface area contributed by atoms with Crippen LogP contribution in [0.5, 0.6) is 0 Å². The molecule has 0 amide bonds. The molecule has 0 saturated carbocycles. The molecule has 25 heavy (non-hydrogen) atoms. The summed E-state index contributed by atoms with van der Waals surface area (Å²) in [7, 11) is 0. The molecule has 2 aliphatic carbocycles. The number of nitrogens with zero attached hydrogens (tertiary/aromatic N) is 2. The number of allylic oxidation sites excluding steroid dienone is 5. The van der Waals surface area contributed by atoms with Crippen LogP contribution in [0.15, 0.2) is 41.0 Å². The van der Waals surface area contributed by atoms with Crippen LogP contribution in [0, 0.1) is 5.92 Å². The van der Waals surface area contributed by atoms with Gasteiger partial charge < -0.3 is 4.74 Å². The molecule has 1 atom stereocenters. The third kappa shape index (κ3) is 3.73. The number of piperidine rings is 1. The van der Waals surface area contributed by atoms with Crippen LogP contribution in [0.25, 0.3) is 0 Å². The Morgan fingerprint density at radius 1 is 1.20 bits per heavy atom. The van der Waals surface area contributed by atoms with Crippen molar-refractivity contribution in [2.24, 2.45) is 5.92 Å². The number of esters is 1. The van der Waals surface area contributed by atoms with E-state index in [0.717, 1.165) is 55.8 Å². The summed E-state index contributed by atoms with van der Waals surface area (Å²) in [5.41, 5.74) is 1.56. The number of ether oxygens (including phenoxy) is 1. The maximum Gasteiger partial charge on any atom is 0.363 e.